The number of hydrogen-bond acceptors (Lipinski definition) is 6. The number of carboxylic acids is 2. The minimum absolute atomic E-state index is 0.175. The van der Waals surface area contributed by atoms with Gasteiger partial charge in [0.1, 0.15) is 18.1 Å². The van der Waals surface area contributed by atoms with E-state index in [-0.39, 0.29) is 5.96 Å². The number of nitrogens with zero attached hydrogens (tertiary/aromatic N) is 1. The van der Waals surface area contributed by atoms with Crippen molar-refractivity contribution in [2.75, 3.05) is 13.6 Å². The Hall–Kier alpha value is -3.52. The van der Waals surface area contributed by atoms with Crippen molar-refractivity contribution in [1.82, 2.24) is 10.2 Å². The molecule has 1 aliphatic heterocycles. The number of likely N-dealkylation sites (N-methyl/N-ethyl adjacent to an activating group) is 1. The smallest absolute Gasteiger partial charge is 0.430 e. The van der Waals surface area contributed by atoms with E-state index in [1.54, 1.807) is 7.05 Å². The number of rotatable bonds is 6. The van der Waals surface area contributed by atoms with Gasteiger partial charge >= 0.3 is 18.1 Å². The first-order valence-electron chi connectivity index (χ1n) is 8.68. The van der Waals surface area contributed by atoms with Crippen molar-refractivity contribution in [3.05, 3.63) is 11.8 Å². The number of ether oxygens (including phenoxy) is 1. The second-order valence-electron chi connectivity index (χ2n) is 6.27. The van der Waals surface area contributed by atoms with Gasteiger partial charge in [-0.15, -0.1) is 0 Å². The van der Waals surface area contributed by atoms with E-state index in [0.717, 1.165) is 0 Å². The van der Waals surface area contributed by atoms with Crippen molar-refractivity contribution in [2.45, 2.75) is 44.6 Å². The Bertz CT molecular complexity index is 750. The average Bonchev–Trinajstić information content (AvgIpc) is 2.61. The van der Waals surface area contributed by atoms with E-state index in [1.165, 1.54) is 17.9 Å². The molecule has 0 saturated carbocycles. The summed E-state index contributed by atoms with van der Waals surface area (Å²) < 4.78 is 36.9. The number of amides is 2. The van der Waals surface area contributed by atoms with Gasteiger partial charge in [0.15, 0.2) is 0 Å². The van der Waals surface area contributed by atoms with Gasteiger partial charge in [-0.05, 0) is 6.42 Å². The molecule has 0 unspecified atom stereocenters. The van der Waals surface area contributed by atoms with E-state index in [0.29, 0.717) is 13.0 Å². The molecule has 0 spiro atoms. The number of hydrogen-bond donors (Lipinski definition) is 5. The van der Waals surface area contributed by atoms with Gasteiger partial charge in [0.05, 0.1) is 0 Å². The molecule has 0 aromatic heterocycles. The van der Waals surface area contributed by atoms with Crippen LogP contribution in [0.25, 0.3) is 0 Å². The summed E-state index contributed by atoms with van der Waals surface area (Å²) in [7, 11) is 1.57. The molecular weight excluding hydrogens is 431 g/mol. The maximum absolute atomic E-state index is 12.6. The third-order valence-electron chi connectivity index (χ3n) is 3.62. The topological polar surface area (TPSA) is 202 Å². The maximum Gasteiger partial charge on any atom is 0.430 e. The molecule has 176 valence electrons. The van der Waals surface area contributed by atoms with Crippen LogP contribution in [0.4, 0.5) is 13.2 Å². The molecule has 7 N–H and O–H groups in total. The Morgan fingerprint density at radius 3 is 2.19 bits per heavy atom. The monoisotopic (exact) mass is 455 g/mol. The molecule has 0 aromatic rings. The molecule has 2 amide bonds. The van der Waals surface area contributed by atoms with E-state index in [4.69, 9.17) is 26.1 Å². The SMILES string of the molecule is CCCN(C)C(=O)[C@@H]1OC(C(=O)O)=C[C@H]([NH+]=C(N)N)[C@H]1NC(C)=O.O=C([O-])C(F)(F)F. The average molecular weight is 455 g/mol. The first-order chi connectivity index (χ1) is 14.1. The quantitative estimate of drug-likeness (QED) is 0.194. The van der Waals surface area contributed by atoms with E-state index >= 15 is 0 Å². The van der Waals surface area contributed by atoms with Crippen LogP contribution in [0.1, 0.15) is 20.3 Å². The molecule has 0 saturated heterocycles. The van der Waals surface area contributed by atoms with Crippen LogP contribution in [0.3, 0.4) is 0 Å². The zero-order chi connectivity index (χ0) is 24.5. The number of nitrogens with one attached hydrogen (secondary N) is 2. The predicted molar refractivity (Wildman–Crippen MR) is 95.3 cm³/mol. The van der Waals surface area contributed by atoms with Crippen molar-refractivity contribution in [3.63, 3.8) is 0 Å². The molecule has 0 fully saturated rings. The molecule has 31 heavy (non-hydrogen) atoms. The molecule has 0 bridgehead atoms. The van der Waals surface area contributed by atoms with Crippen molar-refractivity contribution >= 4 is 29.7 Å². The lowest BCUT2D eigenvalue weighted by atomic mass is 9.97. The van der Waals surface area contributed by atoms with Gasteiger partial charge in [-0.25, -0.2) is 4.79 Å². The second kappa shape index (κ2) is 11.6. The first kappa shape index (κ1) is 27.5. The number of alkyl halides is 3. The van der Waals surface area contributed by atoms with Crippen molar-refractivity contribution < 1.29 is 52.3 Å². The minimum atomic E-state index is -5.19. The molecule has 0 aliphatic carbocycles. The fraction of sp³-hybridized carbons (Fsp3) is 0.562. The Morgan fingerprint density at radius 2 is 1.84 bits per heavy atom. The highest BCUT2D eigenvalue weighted by Gasteiger charge is 2.43. The molecule has 1 aliphatic rings. The summed E-state index contributed by atoms with van der Waals surface area (Å²) in [6, 6.07) is -1.69. The molecule has 0 radical (unpaired) electrons. The van der Waals surface area contributed by atoms with Crippen molar-refractivity contribution in [1.29, 1.82) is 0 Å². The van der Waals surface area contributed by atoms with E-state index in [9.17, 15) is 32.7 Å². The Labute approximate surface area is 174 Å². The summed E-state index contributed by atoms with van der Waals surface area (Å²) in [5, 5.41) is 20.6. The van der Waals surface area contributed by atoms with E-state index in [1.807, 2.05) is 6.92 Å². The van der Waals surface area contributed by atoms with Crippen LogP contribution >= 0.6 is 0 Å². The summed E-state index contributed by atoms with van der Waals surface area (Å²) in [5.74, 6) is -5.80. The normalized spacial score (nSPS) is 20.1. The summed E-state index contributed by atoms with van der Waals surface area (Å²) in [6.45, 7) is 3.63. The first-order valence-corrected chi connectivity index (χ1v) is 8.68. The van der Waals surface area contributed by atoms with Crippen LogP contribution in [0.15, 0.2) is 11.8 Å². The van der Waals surface area contributed by atoms with Crippen LogP contribution in [-0.2, 0) is 23.9 Å². The summed E-state index contributed by atoms with van der Waals surface area (Å²) in [4.78, 5) is 48.2. The minimum Gasteiger partial charge on any atom is -0.542 e. The molecule has 3 atom stereocenters. The Kier molecular flexibility index (Phi) is 10.3. The number of halogens is 3. The number of aliphatic carboxylic acids is 2. The molecule has 0 aromatic carbocycles. The van der Waals surface area contributed by atoms with Crippen LogP contribution in [0.5, 0.6) is 0 Å². The molecule has 1 heterocycles. The van der Waals surface area contributed by atoms with Gasteiger partial charge < -0.3 is 30.0 Å². The highest BCUT2D eigenvalue weighted by molar-refractivity contribution is 5.88. The maximum atomic E-state index is 12.6. The standard InChI is InChI=1S/C14H23N5O5.C2HF3O2/c1-4-5-19(3)12(21)11-10(17-7(2)20)8(18-14(15)16)6-9(24-11)13(22)23;3-2(4,5)1(6)7/h6,8,10-11H,4-5H2,1-3H3,(H,17,20)(H,22,23)(H4,15,16,18);(H,6,7)/t8-,10+,11+;/m0./s1. The summed E-state index contributed by atoms with van der Waals surface area (Å²) >= 11 is 0. The second-order valence-corrected chi connectivity index (χ2v) is 6.27. The Balaban J connectivity index is 0.00000110. The van der Waals surface area contributed by atoms with Crippen LogP contribution < -0.4 is 26.9 Å². The number of guanidine groups is 1. The Morgan fingerprint density at radius 1 is 1.32 bits per heavy atom. The zero-order valence-electron chi connectivity index (χ0n) is 16.9. The fourth-order valence-corrected chi connectivity index (χ4v) is 2.42. The number of carbonyl (C=O) groups is 4. The van der Waals surface area contributed by atoms with Gasteiger partial charge in [-0.3, -0.25) is 26.0 Å². The van der Waals surface area contributed by atoms with Gasteiger partial charge in [0.2, 0.25) is 17.8 Å². The predicted octanol–water partition coefficient (Wildman–Crippen LogP) is -4.25. The van der Waals surface area contributed by atoms with Crippen LogP contribution in [-0.4, -0.2) is 77.7 Å². The summed E-state index contributed by atoms with van der Waals surface area (Å²) in [6.07, 6.45) is -4.49. The van der Waals surface area contributed by atoms with E-state index < -0.39 is 53.9 Å². The third kappa shape index (κ3) is 9.22. The number of carbonyl (C=O) groups excluding carboxylic acids is 3. The molecular formula is C16H24F3N5O7. The van der Waals surface area contributed by atoms with E-state index in [2.05, 4.69) is 10.3 Å². The molecule has 1 rings (SSSR count). The zero-order valence-corrected chi connectivity index (χ0v) is 16.9. The lowest BCUT2D eigenvalue weighted by molar-refractivity contribution is -0.499. The van der Waals surface area contributed by atoms with Gasteiger partial charge in [-0.2, -0.15) is 13.2 Å². The third-order valence-corrected chi connectivity index (χ3v) is 3.62. The number of nitrogens with two attached hydrogens (primary N) is 2. The molecule has 12 nitrogen and oxygen atoms in total. The van der Waals surface area contributed by atoms with Gasteiger partial charge in [0.25, 0.3) is 5.91 Å². The van der Waals surface area contributed by atoms with Crippen molar-refractivity contribution in [2.24, 2.45) is 11.5 Å². The van der Waals surface area contributed by atoms with Crippen molar-refractivity contribution in [3.8, 4) is 0 Å². The summed E-state index contributed by atoms with van der Waals surface area (Å²) in [5.41, 5.74) is 10.8. The van der Waals surface area contributed by atoms with Crippen LogP contribution in [0.2, 0.25) is 0 Å². The van der Waals surface area contributed by atoms with Gasteiger partial charge in [0, 0.05) is 26.6 Å². The number of carboxylic acid groups (broad SMARTS) is 2. The highest BCUT2D eigenvalue weighted by atomic mass is 19.4. The highest BCUT2D eigenvalue weighted by Crippen LogP contribution is 2.19. The van der Waals surface area contributed by atoms with Gasteiger partial charge in [-0.1, -0.05) is 6.92 Å². The largest absolute Gasteiger partial charge is 0.542 e. The fourth-order valence-electron chi connectivity index (χ4n) is 2.42. The van der Waals surface area contributed by atoms with Crippen LogP contribution in [0, 0.1) is 0 Å². The lowest BCUT2D eigenvalue weighted by Crippen LogP contribution is -2.89. The lowest BCUT2D eigenvalue weighted by Gasteiger charge is -2.35. The molecule has 15 heteroatoms.